The van der Waals surface area contributed by atoms with Crippen molar-refractivity contribution in [3.05, 3.63) is 11.8 Å². The lowest BCUT2D eigenvalue weighted by Crippen LogP contribution is -2.69. The molecule has 1 saturated heterocycles. The maximum Gasteiger partial charge on any atom is 0.207 e. The topological polar surface area (TPSA) is 220 Å². The summed E-state index contributed by atoms with van der Waals surface area (Å²) in [6.07, 6.45) is 0.291. The van der Waals surface area contributed by atoms with Crippen molar-refractivity contribution < 1.29 is 34.3 Å². The Bertz CT molecular complexity index is 828. The van der Waals surface area contributed by atoms with Gasteiger partial charge in [0.1, 0.15) is 29.7 Å². The van der Waals surface area contributed by atoms with Crippen LogP contribution in [0.2, 0.25) is 0 Å². The highest BCUT2D eigenvalue weighted by atomic mass is 16.7. The van der Waals surface area contributed by atoms with Gasteiger partial charge in [-0.2, -0.15) is 0 Å². The number of aliphatic hydroxyl groups excluding tert-OH is 2. The van der Waals surface area contributed by atoms with Crippen LogP contribution in [0.15, 0.2) is 11.8 Å². The van der Waals surface area contributed by atoms with Crippen LogP contribution < -0.4 is 33.2 Å². The summed E-state index contributed by atoms with van der Waals surface area (Å²) in [4.78, 5) is 11.4. The number of aliphatic hydroxyl groups is 3. The number of hydrogen-bond acceptors (Lipinski definition) is 12. The second-order valence-corrected chi connectivity index (χ2v) is 11.6. The Balaban J connectivity index is 1.44. The Morgan fingerprint density at radius 2 is 1.92 bits per heavy atom. The summed E-state index contributed by atoms with van der Waals surface area (Å²) in [6.45, 7) is 2.85. The molecule has 11 atom stereocenters. The Hall–Kier alpha value is -1.39. The van der Waals surface area contributed by atoms with Gasteiger partial charge in [-0.05, 0) is 58.2 Å². The predicted molar refractivity (Wildman–Crippen MR) is 138 cm³/mol. The fourth-order valence-electron chi connectivity index (χ4n) is 6.42. The minimum absolute atomic E-state index is 0.0949. The number of carbonyl (C=O) groups excluding carboxylic acids is 1. The fraction of sp³-hybridized carbons (Fsp3) is 0.880. The molecule has 0 radical (unpaired) electrons. The van der Waals surface area contributed by atoms with Crippen LogP contribution in [0.3, 0.4) is 0 Å². The third-order valence-electron chi connectivity index (χ3n) is 8.57. The molecule has 2 aliphatic carbocycles. The molecule has 0 aromatic rings. The minimum Gasteiger partial charge on any atom is -0.492 e. The lowest BCUT2D eigenvalue weighted by atomic mass is 9.72. The lowest BCUT2D eigenvalue weighted by Gasteiger charge is -2.50. The summed E-state index contributed by atoms with van der Waals surface area (Å²) < 4.78 is 18.0. The van der Waals surface area contributed by atoms with Crippen molar-refractivity contribution >= 4 is 6.41 Å². The van der Waals surface area contributed by atoms with E-state index in [9.17, 15) is 20.1 Å². The van der Waals surface area contributed by atoms with E-state index in [1.54, 1.807) is 14.0 Å². The molecule has 11 unspecified atom stereocenters. The summed E-state index contributed by atoms with van der Waals surface area (Å²) in [7, 11) is 1.62. The number of amides is 1. The molecule has 0 aromatic carbocycles. The molecule has 0 aromatic heterocycles. The zero-order valence-electron chi connectivity index (χ0n) is 22.2. The van der Waals surface area contributed by atoms with Crippen LogP contribution in [0.25, 0.3) is 0 Å². The molecule has 2 saturated carbocycles. The van der Waals surface area contributed by atoms with Crippen molar-refractivity contribution in [2.24, 2.45) is 29.0 Å². The molecular formula is C25H46N6O7. The van der Waals surface area contributed by atoms with Gasteiger partial charge in [-0.15, -0.1) is 0 Å². The SMILES string of the molecule is CNC1C(O)C(OC2C(NC=O)CC(N)C(C3OC(CNCC4CC(N)C4)=CCC3N)C2O)OCC1(C)O. The van der Waals surface area contributed by atoms with Gasteiger partial charge in [0.05, 0.1) is 31.3 Å². The molecule has 38 heavy (non-hydrogen) atoms. The highest BCUT2D eigenvalue weighted by molar-refractivity contribution is 5.47. The van der Waals surface area contributed by atoms with Gasteiger partial charge in [0.2, 0.25) is 6.41 Å². The molecule has 218 valence electrons. The van der Waals surface area contributed by atoms with Gasteiger partial charge in [0.15, 0.2) is 6.29 Å². The second kappa shape index (κ2) is 12.4. The highest BCUT2D eigenvalue weighted by Crippen LogP contribution is 2.36. The van der Waals surface area contributed by atoms with Gasteiger partial charge >= 0.3 is 0 Å². The monoisotopic (exact) mass is 542 g/mol. The third-order valence-corrected chi connectivity index (χ3v) is 8.57. The number of nitrogens with one attached hydrogen (secondary N) is 3. The van der Waals surface area contributed by atoms with Gasteiger partial charge in [-0.1, -0.05) is 0 Å². The van der Waals surface area contributed by atoms with E-state index < -0.39 is 66.4 Å². The zero-order chi connectivity index (χ0) is 27.6. The summed E-state index contributed by atoms with van der Waals surface area (Å²) in [5.74, 6) is 0.719. The second-order valence-electron chi connectivity index (χ2n) is 11.6. The van der Waals surface area contributed by atoms with Crippen LogP contribution in [-0.4, -0.2) is 115 Å². The molecule has 13 heteroatoms. The van der Waals surface area contributed by atoms with E-state index in [1.165, 1.54) is 0 Å². The molecular weight excluding hydrogens is 496 g/mol. The Labute approximate surface area is 223 Å². The van der Waals surface area contributed by atoms with Crippen LogP contribution in [0, 0.1) is 11.8 Å². The van der Waals surface area contributed by atoms with Crippen molar-refractivity contribution in [2.45, 2.75) is 99.1 Å². The number of hydrogen-bond donors (Lipinski definition) is 9. The van der Waals surface area contributed by atoms with Crippen LogP contribution in [-0.2, 0) is 19.0 Å². The molecule has 1 amide bonds. The number of ether oxygens (including phenoxy) is 3. The highest BCUT2D eigenvalue weighted by Gasteiger charge is 2.53. The molecule has 13 nitrogen and oxygen atoms in total. The van der Waals surface area contributed by atoms with Gasteiger partial charge < -0.3 is 62.7 Å². The van der Waals surface area contributed by atoms with E-state index in [-0.39, 0.29) is 6.61 Å². The number of carbonyl (C=O) groups is 1. The first-order chi connectivity index (χ1) is 18.1. The maximum absolute atomic E-state index is 11.6. The Morgan fingerprint density at radius 1 is 1.18 bits per heavy atom. The molecule has 2 heterocycles. The first-order valence-corrected chi connectivity index (χ1v) is 13.6. The standard InChI is InChI=1S/C25H46N6O7/c1-25(35)10-36-24(20(34)23(25)29-2)38-22-17(31-11-32)7-16(28)18(19(22)33)21-15(27)4-3-14(37-21)9-30-8-12-5-13(26)6-12/h3,11-13,15-24,29-30,33-35H,4-10,26-28H2,1-2H3,(H,31,32). The van der Waals surface area contributed by atoms with Gasteiger partial charge in [0.25, 0.3) is 0 Å². The van der Waals surface area contributed by atoms with Crippen LogP contribution in [0.5, 0.6) is 0 Å². The van der Waals surface area contributed by atoms with Gasteiger partial charge in [0, 0.05) is 24.0 Å². The van der Waals surface area contributed by atoms with E-state index in [2.05, 4.69) is 16.0 Å². The molecule has 0 spiro atoms. The van der Waals surface area contributed by atoms with E-state index in [0.717, 1.165) is 25.1 Å². The molecule has 12 N–H and O–H groups in total. The molecule has 0 bridgehead atoms. The number of likely N-dealkylation sites (N-methyl/N-ethyl adjacent to an activating group) is 1. The zero-order valence-corrected chi connectivity index (χ0v) is 22.2. The Kier molecular flexibility index (Phi) is 9.67. The van der Waals surface area contributed by atoms with Crippen molar-refractivity contribution in [3.63, 3.8) is 0 Å². The largest absolute Gasteiger partial charge is 0.492 e. The van der Waals surface area contributed by atoms with E-state index >= 15 is 0 Å². The van der Waals surface area contributed by atoms with Crippen molar-refractivity contribution in [3.8, 4) is 0 Å². The van der Waals surface area contributed by atoms with Crippen molar-refractivity contribution in [2.75, 3.05) is 26.7 Å². The first kappa shape index (κ1) is 29.6. The third kappa shape index (κ3) is 6.33. The number of rotatable bonds is 10. The quantitative estimate of drug-likeness (QED) is 0.123. The Morgan fingerprint density at radius 3 is 2.58 bits per heavy atom. The predicted octanol–water partition coefficient (Wildman–Crippen LogP) is -3.42. The van der Waals surface area contributed by atoms with E-state index in [4.69, 9.17) is 31.4 Å². The molecule has 4 rings (SSSR count). The van der Waals surface area contributed by atoms with Crippen molar-refractivity contribution in [1.29, 1.82) is 0 Å². The summed E-state index contributed by atoms with van der Waals surface area (Å²) in [5, 5.41) is 42.0. The van der Waals surface area contributed by atoms with E-state index in [0.29, 0.717) is 37.8 Å². The summed E-state index contributed by atoms with van der Waals surface area (Å²) in [6, 6.07) is -2.00. The number of nitrogens with two attached hydrogens (primary N) is 3. The van der Waals surface area contributed by atoms with E-state index in [1.807, 2.05) is 6.08 Å². The molecule has 2 aliphatic heterocycles. The van der Waals surface area contributed by atoms with Crippen molar-refractivity contribution in [1.82, 2.24) is 16.0 Å². The van der Waals surface area contributed by atoms with Gasteiger partial charge in [-0.25, -0.2) is 0 Å². The summed E-state index contributed by atoms with van der Waals surface area (Å²) >= 11 is 0. The average Bonchev–Trinajstić information content (AvgIpc) is 2.83. The van der Waals surface area contributed by atoms with Gasteiger partial charge in [-0.3, -0.25) is 4.79 Å². The van der Waals surface area contributed by atoms with Crippen LogP contribution in [0.4, 0.5) is 0 Å². The molecule has 3 fully saturated rings. The smallest absolute Gasteiger partial charge is 0.207 e. The average molecular weight is 543 g/mol. The summed E-state index contributed by atoms with van der Waals surface area (Å²) in [5.41, 5.74) is 17.5. The maximum atomic E-state index is 11.6. The lowest BCUT2D eigenvalue weighted by molar-refractivity contribution is -0.297. The first-order valence-electron chi connectivity index (χ1n) is 13.6. The van der Waals surface area contributed by atoms with Crippen LogP contribution >= 0.6 is 0 Å². The minimum atomic E-state index is -1.32. The molecule has 4 aliphatic rings. The normalized spacial score (nSPS) is 47.4. The van der Waals surface area contributed by atoms with Crippen LogP contribution in [0.1, 0.15) is 32.6 Å². The fourth-order valence-corrected chi connectivity index (χ4v) is 6.42.